The van der Waals surface area contributed by atoms with E-state index in [0.29, 0.717) is 17.4 Å². The Morgan fingerprint density at radius 3 is 2.45 bits per heavy atom. The molecule has 0 fully saturated rings. The standard InChI is InChI=1S/C21H26ClNO6/c1-11(2)7-15(23-20(26)29-21(4,5)6)19(25)28-17-10-16-13(9-14(17)22)12(3)8-18(24)27-16/h8-11,15H,7H2,1-6H3,(H,23,26)/t15-/m1/s1. The number of fused-ring (bicyclic) bond motifs is 1. The van der Waals surface area contributed by atoms with E-state index in [1.165, 1.54) is 12.1 Å². The van der Waals surface area contributed by atoms with Crippen LogP contribution in [0.3, 0.4) is 0 Å². The van der Waals surface area contributed by atoms with E-state index in [0.717, 1.165) is 0 Å². The van der Waals surface area contributed by atoms with Crippen molar-refractivity contribution in [2.24, 2.45) is 5.92 Å². The fourth-order valence-corrected chi connectivity index (χ4v) is 2.91. The van der Waals surface area contributed by atoms with Gasteiger partial charge in [0.15, 0.2) is 5.75 Å². The molecule has 1 aromatic heterocycles. The van der Waals surface area contributed by atoms with E-state index in [1.54, 1.807) is 33.8 Å². The first-order valence-corrected chi connectivity index (χ1v) is 9.68. The van der Waals surface area contributed by atoms with Crippen molar-refractivity contribution in [1.82, 2.24) is 5.32 Å². The van der Waals surface area contributed by atoms with Crippen molar-refractivity contribution in [2.45, 2.75) is 59.6 Å². The number of esters is 1. The number of rotatable bonds is 5. The minimum absolute atomic E-state index is 0.0395. The van der Waals surface area contributed by atoms with Crippen molar-refractivity contribution in [3.8, 4) is 5.75 Å². The summed E-state index contributed by atoms with van der Waals surface area (Å²) in [5.74, 6) is -0.547. The zero-order chi connectivity index (χ0) is 21.9. The summed E-state index contributed by atoms with van der Waals surface area (Å²) in [6.45, 7) is 10.8. The summed E-state index contributed by atoms with van der Waals surface area (Å²) in [7, 11) is 0. The normalized spacial score (nSPS) is 12.7. The molecule has 0 bridgehead atoms. The van der Waals surface area contributed by atoms with Gasteiger partial charge in [-0.1, -0.05) is 25.4 Å². The molecule has 0 spiro atoms. The van der Waals surface area contributed by atoms with E-state index in [1.807, 2.05) is 13.8 Å². The van der Waals surface area contributed by atoms with Crippen molar-refractivity contribution >= 4 is 34.6 Å². The third-order valence-corrected chi connectivity index (χ3v) is 4.19. The van der Waals surface area contributed by atoms with Crippen LogP contribution in [0.25, 0.3) is 11.0 Å². The molecule has 158 valence electrons. The molecule has 0 aliphatic carbocycles. The molecule has 0 aliphatic rings. The predicted octanol–water partition coefficient (Wildman–Crippen LogP) is 4.60. The molecule has 8 heteroatoms. The van der Waals surface area contributed by atoms with E-state index in [4.69, 9.17) is 25.5 Å². The van der Waals surface area contributed by atoms with Crippen LogP contribution in [0.5, 0.6) is 5.75 Å². The summed E-state index contributed by atoms with van der Waals surface area (Å²) in [4.78, 5) is 36.5. The second-order valence-electron chi connectivity index (χ2n) is 8.28. The second-order valence-corrected chi connectivity index (χ2v) is 8.68. The Labute approximate surface area is 174 Å². The number of carbonyl (C=O) groups excluding carboxylic acids is 2. The van der Waals surface area contributed by atoms with Crippen LogP contribution in [-0.4, -0.2) is 23.7 Å². The maximum Gasteiger partial charge on any atom is 0.408 e. The lowest BCUT2D eigenvalue weighted by Gasteiger charge is -2.23. The first-order chi connectivity index (χ1) is 13.4. The largest absolute Gasteiger partial charge is 0.444 e. The topological polar surface area (TPSA) is 94.8 Å². The first-order valence-electron chi connectivity index (χ1n) is 9.31. The van der Waals surface area contributed by atoms with Crippen molar-refractivity contribution in [2.75, 3.05) is 0 Å². The Hall–Kier alpha value is -2.54. The minimum Gasteiger partial charge on any atom is -0.444 e. The van der Waals surface area contributed by atoms with Crippen LogP contribution in [0.4, 0.5) is 4.79 Å². The molecule has 1 amide bonds. The quantitative estimate of drug-likeness (QED) is 0.429. The summed E-state index contributed by atoms with van der Waals surface area (Å²) in [6, 6.07) is 3.38. The average Bonchev–Trinajstić information content (AvgIpc) is 2.53. The van der Waals surface area contributed by atoms with Gasteiger partial charge in [-0.2, -0.15) is 0 Å². The summed E-state index contributed by atoms with van der Waals surface area (Å²) in [6.07, 6.45) is -0.372. The molecule has 1 N–H and O–H groups in total. The maximum absolute atomic E-state index is 12.7. The zero-order valence-corrected chi connectivity index (χ0v) is 18.2. The number of amides is 1. The molecule has 29 heavy (non-hydrogen) atoms. The Bertz CT molecular complexity index is 974. The van der Waals surface area contributed by atoms with E-state index >= 15 is 0 Å². The van der Waals surface area contributed by atoms with Gasteiger partial charge in [0.05, 0.1) is 5.02 Å². The lowest BCUT2D eigenvalue weighted by atomic mass is 10.0. The summed E-state index contributed by atoms with van der Waals surface area (Å²) < 4.78 is 15.8. The van der Waals surface area contributed by atoms with Crippen LogP contribution in [0, 0.1) is 12.8 Å². The molecule has 2 rings (SSSR count). The summed E-state index contributed by atoms with van der Waals surface area (Å²) in [5.41, 5.74) is -0.269. The van der Waals surface area contributed by atoms with Crippen LogP contribution < -0.4 is 15.7 Å². The van der Waals surface area contributed by atoms with Crippen molar-refractivity contribution < 1.29 is 23.5 Å². The van der Waals surface area contributed by atoms with Crippen LogP contribution in [0.1, 0.15) is 46.6 Å². The molecule has 0 saturated carbocycles. The number of ether oxygens (including phenoxy) is 2. The number of benzene rings is 1. The molecule has 1 aromatic carbocycles. The number of nitrogens with one attached hydrogen (secondary N) is 1. The van der Waals surface area contributed by atoms with Crippen molar-refractivity contribution in [1.29, 1.82) is 0 Å². The van der Waals surface area contributed by atoms with E-state index in [-0.39, 0.29) is 22.3 Å². The van der Waals surface area contributed by atoms with Crippen molar-refractivity contribution in [3.05, 3.63) is 39.2 Å². The van der Waals surface area contributed by atoms with Gasteiger partial charge >= 0.3 is 17.7 Å². The third kappa shape index (κ3) is 6.49. The summed E-state index contributed by atoms with van der Waals surface area (Å²) >= 11 is 6.25. The third-order valence-electron chi connectivity index (χ3n) is 3.90. The van der Waals surface area contributed by atoms with Gasteiger partial charge in [-0.3, -0.25) is 0 Å². The number of aryl methyl sites for hydroxylation is 1. The molecule has 7 nitrogen and oxygen atoms in total. The highest BCUT2D eigenvalue weighted by molar-refractivity contribution is 6.33. The monoisotopic (exact) mass is 423 g/mol. The van der Waals surface area contributed by atoms with Gasteiger partial charge in [-0.25, -0.2) is 14.4 Å². The van der Waals surface area contributed by atoms with E-state index < -0.39 is 29.3 Å². The lowest BCUT2D eigenvalue weighted by molar-refractivity contribution is -0.137. The van der Waals surface area contributed by atoms with E-state index in [9.17, 15) is 14.4 Å². The highest BCUT2D eigenvalue weighted by atomic mass is 35.5. The zero-order valence-electron chi connectivity index (χ0n) is 17.4. The Morgan fingerprint density at radius 2 is 1.86 bits per heavy atom. The molecular formula is C21H26ClNO6. The van der Waals surface area contributed by atoms with Crippen LogP contribution in [0.15, 0.2) is 27.4 Å². The highest BCUT2D eigenvalue weighted by Crippen LogP contribution is 2.31. The highest BCUT2D eigenvalue weighted by Gasteiger charge is 2.27. The average molecular weight is 424 g/mol. The Balaban J connectivity index is 2.27. The van der Waals surface area contributed by atoms with Crippen LogP contribution in [0.2, 0.25) is 5.02 Å². The fourth-order valence-electron chi connectivity index (χ4n) is 2.71. The molecular weight excluding hydrogens is 398 g/mol. The molecule has 0 unspecified atom stereocenters. The molecule has 1 atom stereocenters. The van der Waals surface area contributed by atoms with E-state index in [2.05, 4.69) is 5.32 Å². The predicted molar refractivity (Wildman–Crippen MR) is 110 cm³/mol. The fraction of sp³-hybridized carbons (Fsp3) is 0.476. The van der Waals surface area contributed by atoms with Gasteiger partial charge in [0.2, 0.25) is 0 Å². The Morgan fingerprint density at radius 1 is 1.21 bits per heavy atom. The van der Waals surface area contributed by atoms with Crippen molar-refractivity contribution in [3.63, 3.8) is 0 Å². The van der Waals surface area contributed by atoms with Gasteiger partial charge < -0.3 is 19.2 Å². The van der Waals surface area contributed by atoms with Gasteiger partial charge in [-0.05, 0) is 51.7 Å². The SMILES string of the molecule is Cc1cc(=O)oc2cc(OC(=O)[C@@H](CC(C)C)NC(=O)OC(C)(C)C)c(Cl)cc12. The molecule has 0 radical (unpaired) electrons. The van der Waals surface area contributed by atoms with Gasteiger partial charge in [0, 0.05) is 17.5 Å². The Kier molecular flexibility index (Phi) is 6.95. The number of hydrogen-bond acceptors (Lipinski definition) is 6. The summed E-state index contributed by atoms with van der Waals surface area (Å²) in [5, 5.41) is 3.37. The van der Waals surface area contributed by atoms with Gasteiger partial charge in [-0.15, -0.1) is 0 Å². The molecule has 2 aromatic rings. The number of alkyl carbamates (subject to hydrolysis) is 1. The molecule has 0 saturated heterocycles. The van der Waals surface area contributed by atoms with Gasteiger partial charge in [0.25, 0.3) is 0 Å². The first kappa shape index (κ1) is 22.7. The molecule has 1 heterocycles. The second kappa shape index (κ2) is 8.86. The van der Waals surface area contributed by atoms with Gasteiger partial charge in [0.1, 0.15) is 17.2 Å². The number of hydrogen-bond donors (Lipinski definition) is 1. The maximum atomic E-state index is 12.7. The number of halogens is 1. The smallest absolute Gasteiger partial charge is 0.408 e. The minimum atomic E-state index is -0.930. The lowest BCUT2D eigenvalue weighted by Crippen LogP contribution is -2.45. The van der Waals surface area contributed by atoms with Crippen LogP contribution in [-0.2, 0) is 9.53 Å². The number of carbonyl (C=O) groups is 2. The molecule has 0 aliphatic heterocycles. The van der Waals surface area contributed by atoms with Crippen LogP contribution >= 0.6 is 11.6 Å².